The van der Waals surface area contributed by atoms with Gasteiger partial charge in [0, 0.05) is 0 Å². The topological polar surface area (TPSA) is 44.8 Å². The van der Waals surface area contributed by atoms with Crippen LogP contribution in [-0.2, 0) is 4.79 Å². The Morgan fingerprint density at radius 2 is 1.53 bits per heavy atom. The van der Waals surface area contributed by atoms with Crippen LogP contribution in [0.25, 0.3) is 0 Å². The first-order valence-electron chi connectivity index (χ1n) is 5.80. The molecule has 2 aromatic carbocycles. The second kappa shape index (κ2) is 6.44. The van der Waals surface area contributed by atoms with Crippen molar-refractivity contribution in [2.75, 3.05) is 13.7 Å². The maximum Gasteiger partial charge on any atom is 0.349 e. The molecule has 2 rings (SSSR count). The number of esters is 1. The highest BCUT2D eigenvalue weighted by Gasteiger charge is 2.05. The number of carbonyl (C=O) groups excluding carboxylic acids is 1. The quantitative estimate of drug-likeness (QED) is 0.611. The fraction of sp³-hybridized carbons (Fsp3) is 0.133. The van der Waals surface area contributed by atoms with E-state index in [1.807, 2.05) is 6.07 Å². The highest BCUT2D eigenvalue weighted by molar-refractivity contribution is 5.73. The van der Waals surface area contributed by atoms with Gasteiger partial charge in [0.2, 0.25) is 0 Å². The molecule has 0 unspecified atom stereocenters. The van der Waals surface area contributed by atoms with Gasteiger partial charge in [0.25, 0.3) is 0 Å². The summed E-state index contributed by atoms with van der Waals surface area (Å²) in [6.45, 7) is -0.138. The molecule has 19 heavy (non-hydrogen) atoms. The lowest BCUT2D eigenvalue weighted by atomic mass is 10.3. The average molecular weight is 258 g/mol. The maximum atomic E-state index is 11.5. The molecule has 0 saturated heterocycles. The summed E-state index contributed by atoms with van der Waals surface area (Å²) >= 11 is 0. The molecule has 0 spiro atoms. The van der Waals surface area contributed by atoms with E-state index in [-0.39, 0.29) is 6.61 Å². The van der Waals surface area contributed by atoms with Gasteiger partial charge in [-0.1, -0.05) is 18.2 Å². The van der Waals surface area contributed by atoms with Crippen LogP contribution in [0.4, 0.5) is 0 Å². The van der Waals surface area contributed by atoms with Gasteiger partial charge in [0.05, 0.1) is 7.11 Å². The van der Waals surface area contributed by atoms with Crippen LogP contribution in [0.3, 0.4) is 0 Å². The van der Waals surface area contributed by atoms with E-state index in [1.165, 1.54) is 0 Å². The zero-order valence-electron chi connectivity index (χ0n) is 10.5. The molecule has 0 fully saturated rings. The van der Waals surface area contributed by atoms with Crippen LogP contribution < -0.4 is 14.2 Å². The summed E-state index contributed by atoms with van der Waals surface area (Å²) < 4.78 is 15.4. The number of benzene rings is 2. The number of rotatable bonds is 5. The molecule has 0 atom stereocenters. The van der Waals surface area contributed by atoms with Crippen molar-refractivity contribution in [1.82, 2.24) is 0 Å². The van der Waals surface area contributed by atoms with Gasteiger partial charge >= 0.3 is 5.97 Å². The summed E-state index contributed by atoms with van der Waals surface area (Å²) in [6.07, 6.45) is 0. The molecule has 0 aliphatic rings. The number of para-hydroxylation sites is 1. The Kier molecular flexibility index (Phi) is 4.39. The molecule has 0 saturated carbocycles. The zero-order chi connectivity index (χ0) is 13.5. The Bertz CT molecular complexity index is 520. The van der Waals surface area contributed by atoms with Crippen molar-refractivity contribution in [1.29, 1.82) is 0 Å². The smallest absolute Gasteiger partial charge is 0.349 e. The second-order valence-corrected chi connectivity index (χ2v) is 3.75. The molecule has 0 heterocycles. The lowest BCUT2D eigenvalue weighted by molar-refractivity contribution is -0.136. The third-order valence-electron chi connectivity index (χ3n) is 2.39. The van der Waals surface area contributed by atoms with Crippen molar-refractivity contribution in [3.8, 4) is 17.2 Å². The van der Waals surface area contributed by atoms with Crippen molar-refractivity contribution in [2.45, 2.75) is 0 Å². The van der Waals surface area contributed by atoms with E-state index >= 15 is 0 Å². The minimum atomic E-state index is -0.443. The number of carbonyl (C=O) groups is 1. The Labute approximate surface area is 111 Å². The first-order valence-corrected chi connectivity index (χ1v) is 5.80. The van der Waals surface area contributed by atoms with Crippen molar-refractivity contribution < 1.29 is 19.0 Å². The van der Waals surface area contributed by atoms with E-state index in [4.69, 9.17) is 14.2 Å². The molecule has 0 aromatic heterocycles. The molecule has 4 heteroatoms. The van der Waals surface area contributed by atoms with Gasteiger partial charge in [0.1, 0.15) is 17.2 Å². The molecule has 0 aliphatic heterocycles. The molecule has 2 aromatic rings. The fourth-order valence-electron chi connectivity index (χ4n) is 1.46. The Morgan fingerprint density at radius 1 is 0.895 bits per heavy atom. The van der Waals surface area contributed by atoms with E-state index < -0.39 is 5.97 Å². The number of hydrogen-bond donors (Lipinski definition) is 0. The van der Waals surface area contributed by atoms with Crippen LogP contribution in [0.2, 0.25) is 0 Å². The summed E-state index contributed by atoms with van der Waals surface area (Å²) in [4.78, 5) is 11.5. The predicted octanol–water partition coefficient (Wildman–Crippen LogP) is 2.68. The highest BCUT2D eigenvalue weighted by Crippen LogP contribution is 2.17. The third-order valence-corrected chi connectivity index (χ3v) is 2.39. The Hall–Kier alpha value is -2.49. The van der Waals surface area contributed by atoms with E-state index in [9.17, 15) is 4.79 Å². The highest BCUT2D eigenvalue weighted by atomic mass is 16.6. The monoisotopic (exact) mass is 258 g/mol. The fourth-order valence-corrected chi connectivity index (χ4v) is 1.46. The summed E-state index contributed by atoms with van der Waals surface area (Å²) in [7, 11) is 1.59. The number of methoxy groups -OCH3 is 1. The van der Waals surface area contributed by atoms with Gasteiger partial charge in [-0.3, -0.25) is 0 Å². The van der Waals surface area contributed by atoms with Gasteiger partial charge in [0.15, 0.2) is 6.61 Å². The van der Waals surface area contributed by atoms with Gasteiger partial charge in [-0.25, -0.2) is 4.79 Å². The van der Waals surface area contributed by atoms with Gasteiger partial charge in [-0.2, -0.15) is 0 Å². The molecule has 4 nitrogen and oxygen atoms in total. The van der Waals surface area contributed by atoms with Crippen molar-refractivity contribution in [3.63, 3.8) is 0 Å². The van der Waals surface area contributed by atoms with Crippen LogP contribution in [0, 0.1) is 0 Å². The van der Waals surface area contributed by atoms with Crippen LogP contribution in [0.5, 0.6) is 17.2 Å². The van der Waals surface area contributed by atoms with Gasteiger partial charge in [-0.15, -0.1) is 0 Å². The summed E-state index contributed by atoms with van der Waals surface area (Å²) in [5.41, 5.74) is 0. The Balaban J connectivity index is 1.83. The molecular weight excluding hydrogens is 244 g/mol. The standard InChI is InChI=1S/C15H14O4/c1-17-12-7-9-13(10-8-12)18-11-15(16)19-14-5-3-2-4-6-14/h2-10H,11H2,1H3. The minimum absolute atomic E-state index is 0.138. The maximum absolute atomic E-state index is 11.5. The Morgan fingerprint density at radius 3 is 2.16 bits per heavy atom. The van der Waals surface area contributed by atoms with Crippen LogP contribution >= 0.6 is 0 Å². The lowest BCUT2D eigenvalue weighted by Crippen LogP contribution is -2.17. The molecule has 0 amide bonds. The minimum Gasteiger partial charge on any atom is -0.497 e. The van der Waals surface area contributed by atoms with E-state index in [1.54, 1.807) is 55.6 Å². The number of hydrogen-bond acceptors (Lipinski definition) is 4. The van der Waals surface area contributed by atoms with E-state index in [0.29, 0.717) is 11.5 Å². The summed E-state index contributed by atoms with van der Waals surface area (Å²) in [5, 5.41) is 0. The zero-order valence-corrected chi connectivity index (χ0v) is 10.5. The summed E-state index contributed by atoms with van der Waals surface area (Å²) in [6, 6.07) is 15.9. The molecular formula is C15H14O4. The van der Waals surface area contributed by atoms with Crippen molar-refractivity contribution in [2.24, 2.45) is 0 Å². The molecule has 0 N–H and O–H groups in total. The summed E-state index contributed by atoms with van der Waals surface area (Å²) in [5.74, 6) is 1.39. The van der Waals surface area contributed by atoms with Crippen LogP contribution in [0.1, 0.15) is 0 Å². The lowest BCUT2D eigenvalue weighted by Gasteiger charge is -2.07. The van der Waals surface area contributed by atoms with Crippen LogP contribution in [0.15, 0.2) is 54.6 Å². The first-order chi connectivity index (χ1) is 9.28. The van der Waals surface area contributed by atoms with Gasteiger partial charge in [-0.05, 0) is 36.4 Å². The van der Waals surface area contributed by atoms with E-state index in [2.05, 4.69) is 0 Å². The second-order valence-electron chi connectivity index (χ2n) is 3.75. The molecule has 0 aliphatic carbocycles. The SMILES string of the molecule is COc1ccc(OCC(=O)Oc2ccccc2)cc1. The van der Waals surface area contributed by atoms with Crippen molar-refractivity contribution >= 4 is 5.97 Å². The normalized spacial score (nSPS) is 9.74. The average Bonchev–Trinajstić information content (AvgIpc) is 2.47. The van der Waals surface area contributed by atoms with Crippen LogP contribution in [-0.4, -0.2) is 19.7 Å². The number of ether oxygens (including phenoxy) is 3. The molecule has 98 valence electrons. The first kappa shape index (κ1) is 13.0. The largest absolute Gasteiger partial charge is 0.497 e. The molecule has 0 radical (unpaired) electrons. The third kappa shape index (κ3) is 4.03. The predicted molar refractivity (Wildman–Crippen MR) is 70.6 cm³/mol. The van der Waals surface area contributed by atoms with E-state index in [0.717, 1.165) is 5.75 Å². The molecule has 0 bridgehead atoms. The van der Waals surface area contributed by atoms with Gasteiger partial charge < -0.3 is 14.2 Å². The van der Waals surface area contributed by atoms with Crippen molar-refractivity contribution in [3.05, 3.63) is 54.6 Å².